The number of hydrogen-bond acceptors (Lipinski definition) is 2. The summed E-state index contributed by atoms with van der Waals surface area (Å²) in [6.07, 6.45) is 1.71. The summed E-state index contributed by atoms with van der Waals surface area (Å²) in [4.78, 5) is 11.6. The monoisotopic (exact) mass is 174 g/mol. The van der Waals surface area contributed by atoms with E-state index in [1.54, 1.807) is 13.2 Å². The zero-order valence-corrected chi connectivity index (χ0v) is 7.61. The van der Waals surface area contributed by atoms with Crippen LogP contribution >= 0.6 is 0 Å². The number of aryl methyl sites for hydroxylation is 2. The molecule has 0 unspecified atom stereocenters. The van der Waals surface area contributed by atoms with Crippen molar-refractivity contribution in [1.29, 1.82) is 0 Å². The molecule has 0 radical (unpaired) electrons. The number of benzene rings is 1. The highest BCUT2D eigenvalue weighted by atomic mass is 16.1. The van der Waals surface area contributed by atoms with E-state index in [0.717, 1.165) is 16.3 Å². The largest absolute Gasteiger partial charge is 0.274 e. The van der Waals surface area contributed by atoms with E-state index in [1.807, 2.05) is 25.1 Å². The van der Waals surface area contributed by atoms with Crippen molar-refractivity contribution in [3.63, 3.8) is 0 Å². The zero-order chi connectivity index (χ0) is 9.42. The van der Waals surface area contributed by atoms with Crippen LogP contribution in [-0.2, 0) is 7.05 Å². The molecule has 0 saturated carbocycles. The first-order valence-electron chi connectivity index (χ1n) is 4.12. The highest BCUT2D eigenvalue weighted by Gasteiger charge is 2.02. The highest BCUT2D eigenvalue weighted by Crippen LogP contribution is 2.11. The minimum Gasteiger partial charge on any atom is -0.267 e. The molecule has 0 fully saturated rings. The molecule has 13 heavy (non-hydrogen) atoms. The molecule has 0 N–H and O–H groups in total. The third kappa shape index (κ3) is 1.13. The average molecular weight is 174 g/mol. The van der Waals surface area contributed by atoms with Gasteiger partial charge in [-0.25, -0.2) is 4.68 Å². The van der Waals surface area contributed by atoms with Crippen molar-refractivity contribution in [2.45, 2.75) is 6.92 Å². The van der Waals surface area contributed by atoms with E-state index in [1.165, 1.54) is 4.68 Å². The quantitative estimate of drug-likeness (QED) is 0.602. The van der Waals surface area contributed by atoms with Crippen LogP contribution in [-0.4, -0.2) is 9.78 Å². The molecule has 0 aliphatic carbocycles. The van der Waals surface area contributed by atoms with Crippen molar-refractivity contribution in [3.8, 4) is 0 Å². The van der Waals surface area contributed by atoms with E-state index < -0.39 is 0 Å². The molecule has 0 amide bonds. The minimum absolute atomic E-state index is 0.0319. The summed E-state index contributed by atoms with van der Waals surface area (Å²) in [7, 11) is 1.66. The summed E-state index contributed by atoms with van der Waals surface area (Å²) in [6.45, 7) is 1.93. The van der Waals surface area contributed by atoms with Gasteiger partial charge in [0.25, 0.3) is 5.56 Å². The summed E-state index contributed by atoms with van der Waals surface area (Å²) in [5, 5.41) is 5.62. The van der Waals surface area contributed by atoms with E-state index in [9.17, 15) is 4.79 Å². The van der Waals surface area contributed by atoms with E-state index in [-0.39, 0.29) is 5.56 Å². The topological polar surface area (TPSA) is 34.9 Å². The van der Waals surface area contributed by atoms with Crippen LogP contribution in [0.25, 0.3) is 10.8 Å². The van der Waals surface area contributed by atoms with Gasteiger partial charge in [-0.2, -0.15) is 5.10 Å². The molecule has 66 valence electrons. The first-order valence-corrected chi connectivity index (χ1v) is 4.12. The molecule has 0 aliphatic heterocycles. The Bertz CT molecular complexity index is 514. The Hall–Kier alpha value is -1.64. The van der Waals surface area contributed by atoms with Crippen LogP contribution in [0.15, 0.2) is 29.2 Å². The number of nitrogens with zero attached hydrogens (tertiary/aromatic N) is 2. The maximum Gasteiger partial charge on any atom is 0.274 e. The Morgan fingerprint density at radius 3 is 2.92 bits per heavy atom. The third-order valence-corrected chi connectivity index (χ3v) is 2.18. The molecular weight excluding hydrogens is 164 g/mol. The van der Waals surface area contributed by atoms with E-state index in [4.69, 9.17) is 0 Å². The summed E-state index contributed by atoms with van der Waals surface area (Å²) in [5.41, 5.74) is 0.969. The summed E-state index contributed by atoms with van der Waals surface area (Å²) in [5.74, 6) is 0. The van der Waals surface area contributed by atoms with Crippen LogP contribution in [0, 0.1) is 6.92 Å². The Morgan fingerprint density at radius 1 is 1.38 bits per heavy atom. The van der Waals surface area contributed by atoms with Gasteiger partial charge in [0.1, 0.15) is 0 Å². The minimum atomic E-state index is -0.0319. The third-order valence-electron chi connectivity index (χ3n) is 2.18. The maximum absolute atomic E-state index is 11.6. The normalized spacial score (nSPS) is 10.6. The molecule has 1 aromatic carbocycles. The van der Waals surface area contributed by atoms with E-state index in [2.05, 4.69) is 5.10 Å². The van der Waals surface area contributed by atoms with Crippen LogP contribution in [0.1, 0.15) is 5.56 Å². The van der Waals surface area contributed by atoms with Crippen molar-refractivity contribution in [2.24, 2.45) is 7.05 Å². The Kier molecular flexibility index (Phi) is 1.65. The van der Waals surface area contributed by atoms with Crippen LogP contribution in [0.4, 0.5) is 0 Å². The molecule has 3 heteroatoms. The summed E-state index contributed by atoms with van der Waals surface area (Å²) in [6, 6.07) is 5.76. The van der Waals surface area contributed by atoms with Crippen LogP contribution < -0.4 is 5.56 Å². The van der Waals surface area contributed by atoms with Crippen molar-refractivity contribution >= 4 is 10.8 Å². The van der Waals surface area contributed by atoms with Gasteiger partial charge in [-0.05, 0) is 12.5 Å². The lowest BCUT2D eigenvalue weighted by Crippen LogP contribution is -2.19. The number of hydrogen-bond donors (Lipinski definition) is 0. The Balaban J connectivity index is 3.06. The van der Waals surface area contributed by atoms with Crippen LogP contribution in [0.3, 0.4) is 0 Å². The molecule has 0 bridgehead atoms. The number of fused-ring (bicyclic) bond motifs is 1. The van der Waals surface area contributed by atoms with Gasteiger partial charge in [0.15, 0.2) is 0 Å². The van der Waals surface area contributed by atoms with Gasteiger partial charge in [0.2, 0.25) is 0 Å². The lowest BCUT2D eigenvalue weighted by Gasteiger charge is -2.01. The van der Waals surface area contributed by atoms with Crippen molar-refractivity contribution < 1.29 is 0 Å². The van der Waals surface area contributed by atoms with Gasteiger partial charge >= 0.3 is 0 Å². The van der Waals surface area contributed by atoms with Crippen molar-refractivity contribution in [1.82, 2.24) is 9.78 Å². The fourth-order valence-corrected chi connectivity index (χ4v) is 1.45. The zero-order valence-electron chi connectivity index (χ0n) is 7.61. The number of aromatic nitrogens is 2. The van der Waals surface area contributed by atoms with Crippen LogP contribution in [0.5, 0.6) is 0 Å². The van der Waals surface area contributed by atoms with Gasteiger partial charge in [0, 0.05) is 12.4 Å². The van der Waals surface area contributed by atoms with Gasteiger partial charge < -0.3 is 0 Å². The Morgan fingerprint density at radius 2 is 2.15 bits per heavy atom. The second kappa shape index (κ2) is 2.69. The molecule has 0 atom stereocenters. The molecule has 0 spiro atoms. The SMILES string of the molecule is Cc1cccc2cnn(C)c(=O)c12. The molecule has 2 aromatic rings. The maximum atomic E-state index is 11.6. The molecule has 1 heterocycles. The molecule has 1 aromatic heterocycles. The second-order valence-electron chi connectivity index (χ2n) is 3.11. The molecule has 2 rings (SSSR count). The predicted octanol–water partition coefficient (Wildman–Crippen LogP) is 1.24. The fraction of sp³-hybridized carbons (Fsp3) is 0.200. The molecule has 0 aliphatic rings. The highest BCUT2D eigenvalue weighted by molar-refractivity contribution is 5.83. The molecule has 0 saturated heterocycles. The predicted molar refractivity (Wildman–Crippen MR) is 51.7 cm³/mol. The fourth-order valence-electron chi connectivity index (χ4n) is 1.45. The van der Waals surface area contributed by atoms with Crippen molar-refractivity contribution in [2.75, 3.05) is 0 Å². The van der Waals surface area contributed by atoms with Crippen molar-refractivity contribution in [3.05, 3.63) is 40.3 Å². The van der Waals surface area contributed by atoms with Gasteiger partial charge in [-0.1, -0.05) is 18.2 Å². The lowest BCUT2D eigenvalue weighted by molar-refractivity contribution is 0.718. The van der Waals surface area contributed by atoms with Crippen LogP contribution in [0.2, 0.25) is 0 Å². The van der Waals surface area contributed by atoms with E-state index >= 15 is 0 Å². The van der Waals surface area contributed by atoms with Gasteiger partial charge in [-0.15, -0.1) is 0 Å². The molecule has 3 nitrogen and oxygen atoms in total. The second-order valence-corrected chi connectivity index (χ2v) is 3.11. The average Bonchev–Trinajstić information content (AvgIpc) is 2.12. The summed E-state index contributed by atoms with van der Waals surface area (Å²) < 4.78 is 1.36. The Labute approximate surface area is 75.6 Å². The van der Waals surface area contributed by atoms with Gasteiger partial charge in [-0.3, -0.25) is 4.79 Å². The van der Waals surface area contributed by atoms with E-state index in [0.29, 0.717) is 0 Å². The number of rotatable bonds is 0. The summed E-state index contributed by atoms with van der Waals surface area (Å²) >= 11 is 0. The standard InChI is InChI=1S/C10H10N2O/c1-7-4-3-5-8-6-11-12(2)10(13)9(7)8/h3-6H,1-2H3. The first kappa shape index (κ1) is 7.98. The lowest BCUT2D eigenvalue weighted by atomic mass is 10.1. The van der Waals surface area contributed by atoms with Gasteiger partial charge in [0.05, 0.1) is 11.6 Å². The molecular formula is C10H10N2O. The smallest absolute Gasteiger partial charge is 0.267 e. The first-order chi connectivity index (χ1) is 6.20.